The molecule has 10 heteroatoms. The topological polar surface area (TPSA) is 82.4 Å². The number of carboxylic acids is 1. The van der Waals surface area contributed by atoms with Crippen LogP contribution in [0.4, 0.5) is 13.2 Å². The molecule has 176 valence electrons. The Morgan fingerprint density at radius 3 is 2.59 bits per heavy atom. The number of fused-ring (bicyclic) bond motifs is 2. The van der Waals surface area contributed by atoms with Gasteiger partial charge in [0.2, 0.25) is 0 Å². The molecule has 2 heterocycles. The average Bonchev–Trinajstić information content (AvgIpc) is 3.35. The van der Waals surface area contributed by atoms with Gasteiger partial charge in [-0.25, -0.2) is 4.79 Å². The number of nitrogens with zero attached hydrogens (tertiary/aromatic N) is 3. The number of amides is 1. The minimum atomic E-state index is -5.08. The molecule has 0 unspecified atom stereocenters. The molecule has 2 fully saturated rings. The van der Waals surface area contributed by atoms with E-state index in [9.17, 15) is 18.0 Å². The molecular formula is C22H28F3N3O4. The number of benzene rings is 1. The van der Waals surface area contributed by atoms with Crippen LogP contribution in [0.25, 0.3) is 0 Å². The Morgan fingerprint density at radius 2 is 2.03 bits per heavy atom. The zero-order chi connectivity index (χ0) is 23.7. The predicted octanol–water partition coefficient (Wildman–Crippen LogP) is 3.19. The van der Waals surface area contributed by atoms with E-state index in [1.54, 1.807) is 7.11 Å². The van der Waals surface area contributed by atoms with E-state index in [1.807, 2.05) is 30.9 Å². The number of aliphatic carboxylic acids is 1. The number of carbonyl (C=O) groups excluding carboxylic acids is 1. The first-order chi connectivity index (χ1) is 15.0. The van der Waals surface area contributed by atoms with Crippen molar-refractivity contribution in [3.05, 3.63) is 29.8 Å². The van der Waals surface area contributed by atoms with Crippen molar-refractivity contribution in [3.8, 4) is 5.75 Å². The van der Waals surface area contributed by atoms with E-state index in [2.05, 4.69) is 17.0 Å². The molecule has 4 rings (SSSR count). The van der Waals surface area contributed by atoms with Gasteiger partial charge in [-0.15, -0.1) is 0 Å². The summed E-state index contributed by atoms with van der Waals surface area (Å²) in [6.45, 7) is 7.67. The Hall–Kier alpha value is -2.62. The molecule has 1 aromatic rings. The molecule has 1 amide bonds. The van der Waals surface area contributed by atoms with Gasteiger partial charge in [-0.3, -0.25) is 19.6 Å². The average molecular weight is 455 g/mol. The summed E-state index contributed by atoms with van der Waals surface area (Å²) in [7, 11) is 1.70. The number of halogens is 3. The molecule has 1 aromatic carbocycles. The highest BCUT2D eigenvalue weighted by molar-refractivity contribution is 6.07. The van der Waals surface area contributed by atoms with Gasteiger partial charge in [0.05, 0.1) is 7.11 Å². The van der Waals surface area contributed by atoms with E-state index in [0.29, 0.717) is 11.8 Å². The van der Waals surface area contributed by atoms with Crippen LogP contribution in [0.5, 0.6) is 5.75 Å². The van der Waals surface area contributed by atoms with Gasteiger partial charge in [0.25, 0.3) is 5.91 Å². The largest absolute Gasteiger partial charge is 0.497 e. The second kappa shape index (κ2) is 9.09. The lowest BCUT2D eigenvalue weighted by Crippen LogP contribution is -2.46. The van der Waals surface area contributed by atoms with E-state index >= 15 is 0 Å². The summed E-state index contributed by atoms with van der Waals surface area (Å²) >= 11 is 0. The third kappa shape index (κ3) is 4.60. The van der Waals surface area contributed by atoms with Gasteiger partial charge >= 0.3 is 12.1 Å². The van der Waals surface area contributed by atoms with Gasteiger partial charge in [-0.2, -0.15) is 13.2 Å². The normalized spacial score (nSPS) is 27.2. The summed E-state index contributed by atoms with van der Waals surface area (Å²) in [6.07, 6.45) is -3.05. The van der Waals surface area contributed by atoms with E-state index in [-0.39, 0.29) is 5.91 Å². The number of alkyl halides is 3. The molecule has 7 nitrogen and oxygen atoms in total. The molecule has 3 aliphatic rings. The maximum absolute atomic E-state index is 13.0. The zero-order valence-electron chi connectivity index (χ0n) is 18.4. The molecule has 2 aliphatic heterocycles. The smallest absolute Gasteiger partial charge is 0.490 e. The number of rotatable bonds is 4. The molecule has 32 heavy (non-hydrogen) atoms. The van der Waals surface area contributed by atoms with Crippen molar-refractivity contribution in [2.45, 2.75) is 44.9 Å². The van der Waals surface area contributed by atoms with Gasteiger partial charge in [-0.1, -0.05) is 12.1 Å². The quantitative estimate of drug-likeness (QED) is 0.754. The van der Waals surface area contributed by atoms with Crippen LogP contribution < -0.4 is 4.74 Å². The van der Waals surface area contributed by atoms with Crippen molar-refractivity contribution in [1.29, 1.82) is 0 Å². The summed E-state index contributed by atoms with van der Waals surface area (Å²) < 4.78 is 37.1. The summed E-state index contributed by atoms with van der Waals surface area (Å²) in [5.74, 6) is 0.230. The van der Waals surface area contributed by atoms with Crippen LogP contribution in [0.2, 0.25) is 0 Å². The Labute approximate surface area is 184 Å². The highest BCUT2D eigenvalue weighted by Crippen LogP contribution is 2.50. The number of amidine groups is 1. The van der Waals surface area contributed by atoms with E-state index < -0.39 is 17.7 Å². The number of hydrogen-bond acceptors (Lipinski definition) is 5. The van der Waals surface area contributed by atoms with Crippen molar-refractivity contribution in [2.24, 2.45) is 16.8 Å². The monoisotopic (exact) mass is 455 g/mol. The fourth-order valence-corrected chi connectivity index (χ4v) is 5.10. The van der Waals surface area contributed by atoms with Crippen molar-refractivity contribution in [2.75, 3.05) is 26.7 Å². The van der Waals surface area contributed by atoms with Gasteiger partial charge in [0.15, 0.2) is 0 Å². The molecule has 0 aromatic heterocycles. The van der Waals surface area contributed by atoms with Crippen LogP contribution in [-0.2, 0) is 16.1 Å². The zero-order valence-corrected chi connectivity index (χ0v) is 18.4. The SMILES string of the molecule is CCN1C(=O)[C@]2(CC[C@@H]3CN(Cc4cccc(OC)c4)C[C@@H]32)N=C1C.O=C(O)C(F)(F)F. The Morgan fingerprint density at radius 1 is 1.34 bits per heavy atom. The van der Waals surface area contributed by atoms with Crippen molar-refractivity contribution < 1.29 is 32.6 Å². The minimum absolute atomic E-state index is 0.239. The fourth-order valence-electron chi connectivity index (χ4n) is 5.10. The second-order valence-electron chi connectivity index (χ2n) is 8.39. The summed E-state index contributed by atoms with van der Waals surface area (Å²) in [6, 6.07) is 8.27. The van der Waals surface area contributed by atoms with Gasteiger partial charge in [0.1, 0.15) is 17.1 Å². The number of methoxy groups -OCH3 is 1. The molecule has 1 spiro atoms. The Bertz CT molecular complexity index is 905. The molecule has 1 aliphatic carbocycles. The first-order valence-electron chi connectivity index (χ1n) is 10.6. The highest BCUT2D eigenvalue weighted by Gasteiger charge is 2.60. The molecule has 0 bridgehead atoms. The van der Waals surface area contributed by atoms with E-state index in [0.717, 1.165) is 50.6 Å². The van der Waals surface area contributed by atoms with Crippen LogP contribution in [0.3, 0.4) is 0 Å². The summed E-state index contributed by atoms with van der Waals surface area (Å²) in [4.78, 5) is 31.2. The first-order valence-corrected chi connectivity index (χ1v) is 10.6. The predicted molar refractivity (Wildman–Crippen MR) is 111 cm³/mol. The third-order valence-corrected chi connectivity index (χ3v) is 6.49. The van der Waals surface area contributed by atoms with E-state index in [1.165, 1.54) is 5.56 Å². The van der Waals surface area contributed by atoms with Crippen LogP contribution in [0.15, 0.2) is 29.3 Å². The highest BCUT2D eigenvalue weighted by atomic mass is 19.4. The van der Waals surface area contributed by atoms with E-state index in [4.69, 9.17) is 19.6 Å². The van der Waals surface area contributed by atoms with Gasteiger partial charge < -0.3 is 9.84 Å². The van der Waals surface area contributed by atoms with Gasteiger partial charge in [0, 0.05) is 32.1 Å². The third-order valence-electron chi connectivity index (χ3n) is 6.49. The molecule has 1 saturated carbocycles. The molecule has 1 N–H and O–H groups in total. The van der Waals surface area contributed by atoms with Crippen LogP contribution >= 0.6 is 0 Å². The number of carbonyl (C=O) groups is 2. The first kappa shape index (κ1) is 24.0. The lowest BCUT2D eigenvalue weighted by Gasteiger charge is -2.28. The summed E-state index contributed by atoms with van der Waals surface area (Å²) in [5.41, 5.74) is 0.787. The number of hydrogen-bond donors (Lipinski definition) is 1. The second-order valence-corrected chi connectivity index (χ2v) is 8.39. The van der Waals surface area contributed by atoms with Crippen molar-refractivity contribution in [3.63, 3.8) is 0 Å². The van der Waals surface area contributed by atoms with Gasteiger partial charge in [-0.05, 0) is 50.3 Å². The number of aliphatic imine (C=N–C) groups is 1. The van der Waals surface area contributed by atoms with Crippen LogP contribution in [0.1, 0.15) is 32.3 Å². The number of likely N-dealkylation sites (N-methyl/N-ethyl adjacent to an activating group) is 1. The number of ether oxygens (including phenoxy) is 1. The number of likely N-dealkylation sites (tertiary alicyclic amines) is 1. The maximum Gasteiger partial charge on any atom is 0.490 e. The Balaban J connectivity index is 0.000000360. The fraction of sp³-hybridized carbons (Fsp3) is 0.591. The Kier molecular flexibility index (Phi) is 6.83. The molecule has 3 atom stereocenters. The standard InChI is InChI=1S/C20H27N3O2.C2HF3O2/c1-4-23-14(2)21-20(19(23)24)9-8-16-12-22(13-18(16)20)11-15-6-5-7-17(10-15)25-3;3-2(4,5)1(6)7/h5-7,10,16,18H,4,8-9,11-13H2,1-3H3;(H,6,7)/t16-,18+,20-;/m1./s1. The number of carboxylic acid groups (broad SMARTS) is 1. The lowest BCUT2D eigenvalue weighted by molar-refractivity contribution is -0.192. The van der Waals surface area contributed by atoms with Crippen LogP contribution in [0, 0.1) is 11.8 Å². The van der Waals surface area contributed by atoms with Crippen LogP contribution in [-0.4, -0.2) is 71.1 Å². The molecule has 1 saturated heterocycles. The molecule has 0 radical (unpaired) electrons. The van der Waals surface area contributed by atoms with Crippen molar-refractivity contribution in [1.82, 2.24) is 9.80 Å². The minimum Gasteiger partial charge on any atom is -0.497 e. The maximum atomic E-state index is 13.0. The lowest BCUT2D eigenvalue weighted by atomic mass is 9.85. The van der Waals surface area contributed by atoms with Crippen molar-refractivity contribution >= 4 is 17.7 Å². The summed E-state index contributed by atoms with van der Waals surface area (Å²) in [5, 5.41) is 7.12. The molecular weight excluding hydrogens is 427 g/mol.